The molecule has 0 radical (unpaired) electrons. The molecule has 0 aliphatic heterocycles. The van der Waals surface area contributed by atoms with Gasteiger partial charge < -0.3 is 15.4 Å². The van der Waals surface area contributed by atoms with Crippen molar-refractivity contribution in [3.8, 4) is 11.6 Å². The van der Waals surface area contributed by atoms with Crippen LogP contribution in [0.1, 0.15) is 11.4 Å². The number of hydrogen-bond donors (Lipinski definition) is 2. The first kappa shape index (κ1) is 20.8. The molecule has 2 aromatic carbocycles. The van der Waals surface area contributed by atoms with E-state index in [2.05, 4.69) is 25.6 Å². The van der Waals surface area contributed by atoms with Crippen LogP contribution in [0.4, 0.5) is 17.2 Å². The highest BCUT2D eigenvalue weighted by molar-refractivity contribution is 6.02. The molecule has 2 heterocycles. The first-order valence-electron chi connectivity index (χ1n) is 9.93. The summed E-state index contributed by atoms with van der Waals surface area (Å²) in [6, 6.07) is 16.7. The predicted octanol–water partition coefficient (Wildman–Crippen LogP) is 4.37. The van der Waals surface area contributed by atoms with Gasteiger partial charge in [-0.15, -0.1) is 0 Å². The highest BCUT2D eigenvalue weighted by Gasteiger charge is 2.05. The van der Waals surface area contributed by atoms with Gasteiger partial charge in [0.15, 0.2) is 0 Å². The van der Waals surface area contributed by atoms with Crippen molar-refractivity contribution >= 4 is 29.2 Å². The quantitative estimate of drug-likeness (QED) is 0.426. The molecule has 2 aromatic heterocycles. The monoisotopic (exact) mass is 426 g/mol. The Bertz CT molecular complexity index is 1230. The minimum absolute atomic E-state index is 0.210. The number of rotatable bonds is 7. The van der Waals surface area contributed by atoms with Gasteiger partial charge in [0.05, 0.1) is 7.11 Å². The average molecular weight is 426 g/mol. The minimum atomic E-state index is -0.210. The number of imidazole rings is 1. The van der Waals surface area contributed by atoms with E-state index in [9.17, 15) is 4.79 Å². The zero-order chi connectivity index (χ0) is 22.3. The SMILES string of the molecule is COc1ccc(/C=C/C(=O)Nc2ccc(Nc3cc(-n4ccnc4C)ncn3)cc2)cc1. The maximum atomic E-state index is 12.2. The second kappa shape index (κ2) is 9.57. The van der Waals surface area contributed by atoms with Gasteiger partial charge in [-0.05, 0) is 55.0 Å². The zero-order valence-electron chi connectivity index (χ0n) is 17.7. The minimum Gasteiger partial charge on any atom is -0.497 e. The van der Waals surface area contributed by atoms with Crippen molar-refractivity contribution in [2.75, 3.05) is 17.7 Å². The summed E-state index contributed by atoms with van der Waals surface area (Å²) < 4.78 is 7.01. The van der Waals surface area contributed by atoms with E-state index in [1.807, 2.05) is 72.3 Å². The number of benzene rings is 2. The van der Waals surface area contributed by atoms with Crippen molar-refractivity contribution in [3.63, 3.8) is 0 Å². The normalized spacial score (nSPS) is 10.8. The molecule has 32 heavy (non-hydrogen) atoms. The van der Waals surface area contributed by atoms with Gasteiger partial charge in [0.2, 0.25) is 5.91 Å². The first-order valence-corrected chi connectivity index (χ1v) is 9.93. The predicted molar refractivity (Wildman–Crippen MR) is 124 cm³/mol. The fourth-order valence-electron chi connectivity index (χ4n) is 3.02. The van der Waals surface area contributed by atoms with Gasteiger partial charge in [-0.25, -0.2) is 15.0 Å². The summed E-state index contributed by atoms with van der Waals surface area (Å²) in [5, 5.41) is 6.09. The molecule has 2 N–H and O–H groups in total. The molecule has 0 aliphatic rings. The van der Waals surface area contributed by atoms with Crippen LogP contribution in [0, 0.1) is 6.92 Å². The molecule has 8 nitrogen and oxygen atoms in total. The Morgan fingerprint density at radius 1 is 1.00 bits per heavy atom. The van der Waals surface area contributed by atoms with Gasteiger partial charge in [0.1, 0.15) is 29.5 Å². The lowest BCUT2D eigenvalue weighted by Crippen LogP contribution is -2.07. The number of nitrogens with one attached hydrogen (secondary N) is 2. The molecule has 160 valence electrons. The second-order valence-electron chi connectivity index (χ2n) is 6.90. The summed E-state index contributed by atoms with van der Waals surface area (Å²) in [4.78, 5) is 25.0. The molecule has 0 saturated heterocycles. The van der Waals surface area contributed by atoms with Crippen LogP contribution in [-0.4, -0.2) is 32.5 Å². The fourth-order valence-corrected chi connectivity index (χ4v) is 3.02. The highest BCUT2D eigenvalue weighted by atomic mass is 16.5. The number of amides is 1. The van der Waals surface area contributed by atoms with Crippen LogP contribution in [0.2, 0.25) is 0 Å². The average Bonchev–Trinajstić information content (AvgIpc) is 3.25. The maximum absolute atomic E-state index is 12.2. The standard InChI is InChI=1S/C24H22N6O2/c1-17-25-13-14-30(17)23-15-22(26-16-27-23)28-19-6-8-20(9-7-19)29-24(31)12-5-18-3-10-21(32-2)11-4-18/h3-16H,1-2H3,(H,29,31)(H,26,27,28)/b12-5+. The number of carbonyl (C=O) groups excluding carboxylic acids is 1. The van der Waals surface area contributed by atoms with Crippen LogP contribution in [0.3, 0.4) is 0 Å². The smallest absolute Gasteiger partial charge is 0.248 e. The Morgan fingerprint density at radius 3 is 2.44 bits per heavy atom. The van der Waals surface area contributed by atoms with Crippen LogP contribution in [0.25, 0.3) is 11.9 Å². The van der Waals surface area contributed by atoms with Gasteiger partial charge in [-0.1, -0.05) is 12.1 Å². The van der Waals surface area contributed by atoms with Gasteiger partial charge in [-0.3, -0.25) is 9.36 Å². The molecule has 0 aliphatic carbocycles. The number of ether oxygens (including phenoxy) is 1. The molecule has 0 fully saturated rings. The highest BCUT2D eigenvalue weighted by Crippen LogP contribution is 2.19. The number of methoxy groups -OCH3 is 1. The maximum Gasteiger partial charge on any atom is 0.248 e. The molecule has 0 bridgehead atoms. The van der Waals surface area contributed by atoms with Crippen LogP contribution >= 0.6 is 0 Å². The molecule has 0 saturated carbocycles. The Kier molecular flexibility index (Phi) is 6.22. The molecular weight excluding hydrogens is 404 g/mol. The van der Waals surface area contributed by atoms with Crippen molar-refractivity contribution in [2.24, 2.45) is 0 Å². The van der Waals surface area contributed by atoms with Gasteiger partial charge in [-0.2, -0.15) is 0 Å². The zero-order valence-corrected chi connectivity index (χ0v) is 17.7. The number of anilines is 3. The summed E-state index contributed by atoms with van der Waals surface area (Å²) in [5.41, 5.74) is 2.44. The van der Waals surface area contributed by atoms with Gasteiger partial charge in [0, 0.05) is 35.9 Å². The Balaban J connectivity index is 1.36. The summed E-state index contributed by atoms with van der Waals surface area (Å²) >= 11 is 0. The summed E-state index contributed by atoms with van der Waals surface area (Å²) in [5.74, 6) is 2.79. The van der Waals surface area contributed by atoms with E-state index in [4.69, 9.17) is 4.74 Å². The van der Waals surface area contributed by atoms with Gasteiger partial charge in [0.25, 0.3) is 0 Å². The molecule has 0 spiro atoms. The first-order chi connectivity index (χ1) is 15.6. The summed E-state index contributed by atoms with van der Waals surface area (Å²) in [6.07, 6.45) is 8.32. The third kappa shape index (κ3) is 5.17. The number of hydrogen-bond acceptors (Lipinski definition) is 6. The third-order valence-electron chi connectivity index (χ3n) is 4.69. The van der Waals surface area contributed by atoms with Gasteiger partial charge >= 0.3 is 0 Å². The summed E-state index contributed by atoms with van der Waals surface area (Å²) in [7, 11) is 1.62. The van der Waals surface area contributed by atoms with Crippen LogP contribution in [0.15, 0.2) is 79.4 Å². The molecule has 0 atom stereocenters. The fraction of sp³-hybridized carbons (Fsp3) is 0.0833. The van der Waals surface area contributed by atoms with Crippen LogP contribution in [-0.2, 0) is 4.79 Å². The number of aromatic nitrogens is 4. The number of nitrogens with zero attached hydrogens (tertiary/aromatic N) is 4. The summed E-state index contributed by atoms with van der Waals surface area (Å²) in [6.45, 7) is 1.91. The largest absolute Gasteiger partial charge is 0.497 e. The van der Waals surface area contributed by atoms with E-state index in [1.54, 1.807) is 19.4 Å². The molecular formula is C24H22N6O2. The lowest BCUT2D eigenvalue weighted by molar-refractivity contribution is -0.111. The second-order valence-corrected chi connectivity index (χ2v) is 6.90. The van der Waals surface area contributed by atoms with E-state index in [-0.39, 0.29) is 5.91 Å². The Morgan fingerprint density at radius 2 is 1.75 bits per heavy atom. The molecule has 4 aromatic rings. The topological polar surface area (TPSA) is 94.0 Å². The third-order valence-corrected chi connectivity index (χ3v) is 4.69. The van der Waals surface area contributed by atoms with Crippen LogP contribution < -0.4 is 15.4 Å². The van der Waals surface area contributed by atoms with Crippen molar-refractivity contribution in [2.45, 2.75) is 6.92 Å². The number of aryl methyl sites for hydroxylation is 1. The van der Waals surface area contributed by atoms with Crippen molar-refractivity contribution < 1.29 is 9.53 Å². The molecule has 4 rings (SSSR count). The Hall–Kier alpha value is -4.46. The van der Waals surface area contributed by atoms with Crippen LogP contribution in [0.5, 0.6) is 5.75 Å². The van der Waals surface area contributed by atoms with E-state index in [0.717, 1.165) is 28.6 Å². The van der Waals surface area contributed by atoms with E-state index in [1.165, 1.54) is 12.4 Å². The number of carbonyl (C=O) groups is 1. The molecule has 8 heteroatoms. The molecule has 0 unspecified atom stereocenters. The molecule has 1 amide bonds. The lowest BCUT2D eigenvalue weighted by atomic mass is 10.2. The van der Waals surface area contributed by atoms with E-state index < -0.39 is 0 Å². The lowest BCUT2D eigenvalue weighted by Gasteiger charge is -2.09. The van der Waals surface area contributed by atoms with E-state index in [0.29, 0.717) is 11.5 Å². The van der Waals surface area contributed by atoms with Crippen molar-refractivity contribution in [1.29, 1.82) is 0 Å². The van der Waals surface area contributed by atoms with Crippen molar-refractivity contribution in [3.05, 3.63) is 90.8 Å². The van der Waals surface area contributed by atoms with E-state index >= 15 is 0 Å². The Labute approximate surface area is 185 Å². The van der Waals surface area contributed by atoms with Crippen molar-refractivity contribution in [1.82, 2.24) is 19.5 Å².